The minimum atomic E-state index is -0.584. The molecule has 2 aromatic rings. The van der Waals surface area contributed by atoms with Crippen LogP contribution in [0.1, 0.15) is 24.3 Å². The lowest BCUT2D eigenvalue weighted by Crippen LogP contribution is -2.21. The number of carbonyl (C=O) groups excluding carboxylic acids is 3. The molecule has 0 aliphatic rings. The third kappa shape index (κ3) is 6.93. The monoisotopic (exact) mass is 380 g/mol. The SMILES string of the molecule is Cc1nnc(NC(=O)CCCC(=O)OCC(=O)Nc2ccc(F)cc2)s1. The highest BCUT2D eigenvalue weighted by atomic mass is 32.1. The zero-order valence-electron chi connectivity index (χ0n) is 14.0. The number of esters is 1. The topological polar surface area (TPSA) is 110 Å². The van der Waals surface area contributed by atoms with E-state index in [1.165, 1.54) is 35.6 Å². The third-order valence-electron chi connectivity index (χ3n) is 3.05. The van der Waals surface area contributed by atoms with Crippen molar-refractivity contribution in [2.24, 2.45) is 0 Å². The van der Waals surface area contributed by atoms with Crippen molar-refractivity contribution in [3.63, 3.8) is 0 Å². The van der Waals surface area contributed by atoms with Crippen molar-refractivity contribution in [3.05, 3.63) is 35.1 Å². The number of nitrogens with zero attached hydrogens (tertiary/aromatic N) is 2. The van der Waals surface area contributed by atoms with Gasteiger partial charge in [0.2, 0.25) is 11.0 Å². The standard InChI is InChI=1S/C16H17FN4O4S/c1-10-20-21-16(26-10)19-13(22)3-2-4-15(24)25-9-14(23)18-12-7-5-11(17)6-8-12/h5-8H,2-4,9H2,1H3,(H,18,23)(H,19,21,22). The van der Waals surface area contributed by atoms with Gasteiger partial charge in [-0.1, -0.05) is 11.3 Å². The Hall–Kier alpha value is -2.88. The summed E-state index contributed by atoms with van der Waals surface area (Å²) in [6, 6.07) is 5.20. The summed E-state index contributed by atoms with van der Waals surface area (Å²) in [5.41, 5.74) is 0.399. The molecule has 2 rings (SSSR count). The van der Waals surface area contributed by atoms with Crippen LogP contribution in [-0.4, -0.2) is 34.6 Å². The van der Waals surface area contributed by atoms with Crippen molar-refractivity contribution < 1.29 is 23.5 Å². The number of hydrogen-bond acceptors (Lipinski definition) is 7. The summed E-state index contributed by atoms with van der Waals surface area (Å²) in [7, 11) is 0. The first-order valence-corrected chi connectivity index (χ1v) is 8.55. The Balaban J connectivity index is 1.60. The second kappa shape index (κ2) is 9.56. The van der Waals surface area contributed by atoms with E-state index in [-0.39, 0.29) is 25.2 Å². The zero-order valence-corrected chi connectivity index (χ0v) is 14.8. The number of rotatable bonds is 8. The van der Waals surface area contributed by atoms with Gasteiger partial charge in [0.15, 0.2) is 6.61 Å². The smallest absolute Gasteiger partial charge is 0.306 e. The van der Waals surface area contributed by atoms with Crippen LogP contribution in [-0.2, 0) is 19.1 Å². The number of carbonyl (C=O) groups is 3. The number of amides is 2. The Bertz CT molecular complexity index is 779. The number of anilines is 2. The van der Waals surface area contributed by atoms with Gasteiger partial charge >= 0.3 is 5.97 Å². The summed E-state index contributed by atoms with van der Waals surface area (Å²) in [6.45, 7) is 1.32. The van der Waals surface area contributed by atoms with Crippen LogP contribution in [0.2, 0.25) is 0 Å². The molecule has 0 aliphatic carbocycles. The number of aryl methyl sites for hydroxylation is 1. The van der Waals surface area contributed by atoms with Gasteiger partial charge in [-0.05, 0) is 37.6 Å². The lowest BCUT2D eigenvalue weighted by molar-refractivity contribution is -0.147. The number of halogens is 1. The van der Waals surface area contributed by atoms with Crippen molar-refractivity contribution in [1.82, 2.24) is 10.2 Å². The van der Waals surface area contributed by atoms with E-state index in [4.69, 9.17) is 4.74 Å². The Kier molecular flexibility index (Phi) is 7.15. The van der Waals surface area contributed by atoms with Crippen molar-refractivity contribution in [3.8, 4) is 0 Å². The maximum atomic E-state index is 12.8. The van der Waals surface area contributed by atoms with Gasteiger partial charge < -0.3 is 15.4 Å². The van der Waals surface area contributed by atoms with Crippen molar-refractivity contribution in [2.45, 2.75) is 26.2 Å². The number of aromatic nitrogens is 2. The second-order valence-corrected chi connectivity index (χ2v) is 6.43. The van der Waals surface area contributed by atoms with Crippen LogP contribution in [0.3, 0.4) is 0 Å². The predicted molar refractivity (Wildman–Crippen MR) is 93.1 cm³/mol. The summed E-state index contributed by atoms with van der Waals surface area (Å²) in [4.78, 5) is 34.9. The fourth-order valence-corrected chi connectivity index (χ4v) is 2.48. The van der Waals surface area contributed by atoms with Crippen LogP contribution in [0, 0.1) is 12.7 Å². The summed E-state index contributed by atoms with van der Waals surface area (Å²) in [6.07, 6.45) is 0.407. The van der Waals surface area contributed by atoms with Crippen LogP contribution in [0.5, 0.6) is 0 Å². The normalized spacial score (nSPS) is 10.2. The van der Waals surface area contributed by atoms with E-state index < -0.39 is 24.3 Å². The van der Waals surface area contributed by atoms with E-state index in [9.17, 15) is 18.8 Å². The first-order chi connectivity index (χ1) is 12.4. The maximum absolute atomic E-state index is 12.8. The third-order valence-corrected chi connectivity index (χ3v) is 3.80. The van der Waals surface area contributed by atoms with Gasteiger partial charge in [0.25, 0.3) is 5.91 Å². The fraction of sp³-hybridized carbons (Fsp3) is 0.312. The molecule has 0 aliphatic heterocycles. The lowest BCUT2D eigenvalue weighted by Gasteiger charge is -2.06. The first-order valence-electron chi connectivity index (χ1n) is 7.73. The Labute approximate surface area is 152 Å². The molecule has 0 spiro atoms. The Morgan fingerprint density at radius 2 is 1.81 bits per heavy atom. The van der Waals surface area contributed by atoms with Gasteiger partial charge in [0, 0.05) is 18.5 Å². The zero-order chi connectivity index (χ0) is 18.9. The maximum Gasteiger partial charge on any atom is 0.306 e. The molecule has 26 heavy (non-hydrogen) atoms. The molecule has 0 unspecified atom stereocenters. The first kappa shape index (κ1) is 19.4. The fourth-order valence-electron chi connectivity index (χ4n) is 1.87. The number of ether oxygens (including phenoxy) is 1. The molecule has 1 aromatic heterocycles. The van der Waals surface area contributed by atoms with E-state index in [1.807, 2.05) is 0 Å². The molecule has 2 N–H and O–H groups in total. The molecule has 8 nitrogen and oxygen atoms in total. The molecule has 138 valence electrons. The molecule has 2 amide bonds. The highest BCUT2D eigenvalue weighted by Gasteiger charge is 2.11. The molecular weight excluding hydrogens is 363 g/mol. The molecular formula is C16H17FN4O4S. The summed E-state index contributed by atoms with van der Waals surface area (Å²) >= 11 is 1.26. The number of nitrogens with one attached hydrogen (secondary N) is 2. The van der Waals surface area contributed by atoms with E-state index >= 15 is 0 Å². The van der Waals surface area contributed by atoms with Crippen molar-refractivity contribution in [2.75, 3.05) is 17.2 Å². The predicted octanol–water partition coefficient (Wildman–Crippen LogP) is 2.28. The second-order valence-electron chi connectivity index (χ2n) is 5.24. The summed E-state index contributed by atoms with van der Waals surface area (Å²) < 4.78 is 17.6. The largest absolute Gasteiger partial charge is 0.456 e. The number of benzene rings is 1. The molecule has 0 bridgehead atoms. The highest BCUT2D eigenvalue weighted by Crippen LogP contribution is 2.14. The van der Waals surface area contributed by atoms with E-state index in [0.717, 1.165) is 5.01 Å². The Morgan fingerprint density at radius 3 is 2.46 bits per heavy atom. The van der Waals surface area contributed by atoms with Crippen LogP contribution in [0.4, 0.5) is 15.2 Å². The molecule has 10 heteroatoms. The Morgan fingerprint density at radius 1 is 1.08 bits per heavy atom. The molecule has 0 saturated carbocycles. The molecule has 1 heterocycles. The van der Waals surface area contributed by atoms with Gasteiger partial charge in [-0.25, -0.2) is 4.39 Å². The van der Waals surface area contributed by atoms with Gasteiger partial charge in [-0.2, -0.15) is 0 Å². The minimum Gasteiger partial charge on any atom is -0.456 e. The van der Waals surface area contributed by atoms with Gasteiger partial charge in [0.05, 0.1) is 0 Å². The number of hydrogen-bond donors (Lipinski definition) is 2. The molecule has 0 atom stereocenters. The quantitative estimate of drug-likeness (QED) is 0.680. The van der Waals surface area contributed by atoms with E-state index in [0.29, 0.717) is 10.8 Å². The minimum absolute atomic E-state index is 0.00634. The van der Waals surface area contributed by atoms with Crippen LogP contribution in [0.25, 0.3) is 0 Å². The summed E-state index contributed by atoms with van der Waals surface area (Å²) in [5, 5.41) is 13.7. The molecule has 1 aromatic carbocycles. The average Bonchev–Trinajstić information content (AvgIpc) is 3.00. The van der Waals surface area contributed by atoms with Crippen LogP contribution >= 0.6 is 11.3 Å². The molecule has 0 radical (unpaired) electrons. The van der Waals surface area contributed by atoms with Gasteiger partial charge in [-0.15, -0.1) is 10.2 Å². The summed E-state index contributed by atoms with van der Waals surface area (Å²) in [5.74, 6) is -1.81. The molecule has 0 saturated heterocycles. The van der Waals surface area contributed by atoms with Gasteiger partial charge in [0.1, 0.15) is 10.8 Å². The van der Waals surface area contributed by atoms with E-state index in [1.54, 1.807) is 6.92 Å². The van der Waals surface area contributed by atoms with Crippen molar-refractivity contribution >= 4 is 39.9 Å². The van der Waals surface area contributed by atoms with Gasteiger partial charge in [-0.3, -0.25) is 14.4 Å². The van der Waals surface area contributed by atoms with E-state index in [2.05, 4.69) is 20.8 Å². The highest BCUT2D eigenvalue weighted by molar-refractivity contribution is 7.15. The lowest BCUT2D eigenvalue weighted by atomic mass is 10.2. The average molecular weight is 380 g/mol. The van der Waals surface area contributed by atoms with Crippen LogP contribution in [0.15, 0.2) is 24.3 Å². The van der Waals surface area contributed by atoms with Crippen LogP contribution < -0.4 is 10.6 Å². The molecule has 0 fully saturated rings. The van der Waals surface area contributed by atoms with Crippen molar-refractivity contribution in [1.29, 1.82) is 0 Å².